The van der Waals surface area contributed by atoms with Crippen molar-refractivity contribution in [2.24, 2.45) is 5.11 Å². The van der Waals surface area contributed by atoms with E-state index in [0.29, 0.717) is 11.3 Å². The van der Waals surface area contributed by atoms with Crippen LogP contribution >= 0.6 is 0 Å². The first kappa shape index (κ1) is 7.60. The van der Waals surface area contributed by atoms with E-state index in [1.807, 2.05) is 0 Å². The Bertz CT molecular complexity index is 274. The highest BCUT2D eigenvalue weighted by molar-refractivity contribution is 5.38. The summed E-state index contributed by atoms with van der Waals surface area (Å²) in [4.78, 5) is 2.61. The van der Waals surface area contributed by atoms with Crippen molar-refractivity contribution >= 4 is 5.69 Å². The van der Waals surface area contributed by atoms with Gasteiger partial charge in [-0.05, 0) is 11.1 Å². The number of rotatable bonds is 2. The number of nitrogens with zero attached hydrogens (tertiary/aromatic N) is 3. The summed E-state index contributed by atoms with van der Waals surface area (Å²) in [6.07, 6.45) is 0. The molecule has 1 rings (SSSR count). The molecule has 11 heavy (non-hydrogen) atoms. The zero-order chi connectivity index (χ0) is 8.10. The van der Waals surface area contributed by atoms with Gasteiger partial charge in [0.15, 0.2) is 0 Å². The highest BCUT2D eigenvalue weighted by atomic mass is 16.3. The zero-order valence-corrected chi connectivity index (χ0v) is 5.77. The van der Waals surface area contributed by atoms with Gasteiger partial charge in [0.1, 0.15) is 6.61 Å². The van der Waals surface area contributed by atoms with E-state index in [4.69, 9.17) is 5.53 Å². The van der Waals surface area contributed by atoms with Gasteiger partial charge in [-0.2, -0.15) is 0 Å². The minimum absolute atomic E-state index is 0.240. The lowest BCUT2D eigenvalue weighted by Gasteiger charge is -1.92. The molecule has 4 heteroatoms. The van der Waals surface area contributed by atoms with Crippen LogP contribution in [0.3, 0.4) is 0 Å². The van der Waals surface area contributed by atoms with Crippen molar-refractivity contribution in [2.45, 2.75) is 6.61 Å². The van der Waals surface area contributed by atoms with Gasteiger partial charge in [-0.25, -0.2) is 5.11 Å². The fourth-order valence-corrected chi connectivity index (χ4v) is 0.710. The lowest BCUT2D eigenvalue weighted by atomic mass is 10.2. The summed E-state index contributed by atoms with van der Waals surface area (Å²) in [6, 6.07) is 6.54. The molecule has 55 valence electrons. The standard InChI is InChI=1S/C7H6N3O/c8-10-9-7-3-1-6(5-11)2-4-7/h1-4H,5H2. The Hall–Kier alpha value is -1.51. The molecule has 0 aliphatic rings. The molecule has 0 bridgehead atoms. The maximum Gasteiger partial charge on any atom is 0.107 e. The van der Waals surface area contributed by atoms with Crippen molar-refractivity contribution in [3.8, 4) is 0 Å². The van der Waals surface area contributed by atoms with Gasteiger partial charge in [0.25, 0.3) is 0 Å². The maximum absolute atomic E-state index is 10.3. The average molecular weight is 148 g/mol. The molecule has 0 aliphatic carbocycles. The molecule has 0 N–H and O–H groups in total. The third-order valence-corrected chi connectivity index (χ3v) is 1.26. The first-order valence-corrected chi connectivity index (χ1v) is 3.09. The van der Waals surface area contributed by atoms with E-state index in [-0.39, 0.29) is 6.61 Å². The minimum atomic E-state index is -0.240. The van der Waals surface area contributed by atoms with Crippen molar-refractivity contribution < 1.29 is 5.11 Å². The van der Waals surface area contributed by atoms with Crippen LogP contribution in [0.1, 0.15) is 5.56 Å². The molecule has 4 nitrogen and oxygen atoms in total. The van der Waals surface area contributed by atoms with Crippen LogP contribution in [0.2, 0.25) is 0 Å². The van der Waals surface area contributed by atoms with E-state index in [9.17, 15) is 5.11 Å². The van der Waals surface area contributed by atoms with Crippen molar-refractivity contribution in [3.63, 3.8) is 0 Å². The second-order valence-electron chi connectivity index (χ2n) is 2.00. The van der Waals surface area contributed by atoms with Crippen LogP contribution in [0.15, 0.2) is 29.4 Å². The summed E-state index contributed by atoms with van der Waals surface area (Å²) < 4.78 is 0. The predicted octanol–water partition coefficient (Wildman–Crippen LogP) is 2.56. The molecule has 1 aromatic carbocycles. The quantitative estimate of drug-likeness (QED) is 0.351. The van der Waals surface area contributed by atoms with Crippen LogP contribution in [-0.2, 0) is 11.7 Å². The minimum Gasteiger partial charge on any atom is -0.232 e. The van der Waals surface area contributed by atoms with Gasteiger partial charge in [-0.1, -0.05) is 29.4 Å². The Kier molecular flexibility index (Phi) is 2.49. The van der Waals surface area contributed by atoms with E-state index in [1.165, 1.54) is 0 Å². The first-order valence-electron chi connectivity index (χ1n) is 3.09. The summed E-state index contributed by atoms with van der Waals surface area (Å²) in [5.41, 5.74) is 9.27. The number of hydrogen-bond acceptors (Lipinski definition) is 1. The molecule has 0 aromatic heterocycles. The summed E-state index contributed by atoms with van der Waals surface area (Å²) in [5, 5.41) is 13.7. The number of azide groups is 1. The Morgan fingerprint density at radius 2 is 2.00 bits per heavy atom. The van der Waals surface area contributed by atoms with Crippen molar-refractivity contribution in [1.29, 1.82) is 0 Å². The molecule has 0 heterocycles. The molecule has 0 aliphatic heterocycles. The normalized spacial score (nSPS) is 8.82. The molecular weight excluding hydrogens is 142 g/mol. The number of benzene rings is 1. The maximum atomic E-state index is 10.3. The van der Waals surface area contributed by atoms with Crippen LogP contribution in [0.5, 0.6) is 0 Å². The van der Waals surface area contributed by atoms with E-state index < -0.39 is 0 Å². The van der Waals surface area contributed by atoms with E-state index in [0.717, 1.165) is 0 Å². The van der Waals surface area contributed by atoms with Crippen LogP contribution in [0, 0.1) is 0 Å². The fraction of sp³-hybridized carbons (Fsp3) is 0.143. The van der Waals surface area contributed by atoms with E-state index in [2.05, 4.69) is 10.0 Å². The number of hydrogen-bond donors (Lipinski definition) is 0. The van der Waals surface area contributed by atoms with Crippen molar-refractivity contribution in [3.05, 3.63) is 40.3 Å². The second-order valence-corrected chi connectivity index (χ2v) is 2.00. The van der Waals surface area contributed by atoms with Crippen molar-refractivity contribution in [1.82, 2.24) is 0 Å². The molecule has 0 fully saturated rings. The molecular formula is C7H6N3O. The van der Waals surface area contributed by atoms with Crippen LogP contribution in [-0.4, -0.2) is 0 Å². The van der Waals surface area contributed by atoms with Gasteiger partial charge in [-0.15, -0.1) is 0 Å². The molecule has 0 unspecified atom stereocenters. The lowest BCUT2D eigenvalue weighted by molar-refractivity contribution is 0.177. The monoisotopic (exact) mass is 148 g/mol. The van der Waals surface area contributed by atoms with Crippen molar-refractivity contribution in [2.75, 3.05) is 0 Å². The summed E-state index contributed by atoms with van der Waals surface area (Å²) in [5.74, 6) is 0. The van der Waals surface area contributed by atoms with Crippen LogP contribution < -0.4 is 0 Å². The molecule has 0 saturated heterocycles. The van der Waals surface area contributed by atoms with E-state index in [1.54, 1.807) is 24.3 Å². The van der Waals surface area contributed by atoms with Gasteiger partial charge >= 0.3 is 0 Å². The SMILES string of the molecule is [N-]=[N+]=Nc1ccc(C[O])cc1. The molecule has 1 radical (unpaired) electrons. The molecule has 0 atom stereocenters. The van der Waals surface area contributed by atoms with E-state index >= 15 is 0 Å². The largest absolute Gasteiger partial charge is 0.232 e. The Balaban J connectivity index is 2.91. The molecule has 1 aromatic rings. The highest BCUT2D eigenvalue weighted by Crippen LogP contribution is 2.12. The van der Waals surface area contributed by atoms with Crippen LogP contribution in [0.4, 0.5) is 5.69 Å². The topological polar surface area (TPSA) is 68.7 Å². The Labute approximate surface area is 63.7 Å². The molecule has 0 amide bonds. The summed E-state index contributed by atoms with van der Waals surface area (Å²) in [6.45, 7) is -0.240. The lowest BCUT2D eigenvalue weighted by Crippen LogP contribution is -1.77. The van der Waals surface area contributed by atoms with Crippen LogP contribution in [0.25, 0.3) is 10.4 Å². The molecule has 0 saturated carbocycles. The Morgan fingerprint density at radius 3 is 2.45 bits per heavy atom. The zero-order valence-electron chi connectivity index (χ0n) is 5.77. The third-order valence-electron chi connectivity index (χ3n) is 1.26. The second kappa shape index (κ2) is 3.61. The van der Waals surface area contributed by atoms with Gasteiger partial charge in [0.05, 0.1) is 0 Å². The average Bonchev–Trinajstić information content (AvgIpc) is 2.07. The predicted molar refractivity (Wildman–Crippen MR) is 39.6 cm³/mol. The first-order chi connectivity index (χ1) is 5.36. The fourth-order valence-electron chi connectivity index (χ4n) is 0.710. The van der Waals surface area contributed by atoms with Gasteiger partial charge in [0.2, 0.25) is 0 Å². The summed E-state index contributed by atoms with van der Waals surface area (Å²) >= 11 is 0. The van der Waals surface area contributed by atoms with Gasteiger partial charge in [0, 0.05) is 10.6 Å². The van der Waals surface area contributed by atoms with Gasteiger partial charge < -0.3 is 0 Å². The van der Waals surface area contributed by atoms with Gasteiger partial charge in [-0.3, -0.25) is 0 Å². The smallest absolute Gasteiger partial charge is 0.107 e. The summed E-state index contributed by atoms with van der Waals surface area (Å²) in [7, 11) is 0. The Morgan fingerprint density at radius 1 is 1.36 bits per heavy atom. The third kappa shape index (κ3) is 1.97. The molecule has 0 spiro atoms. The highest BCUT2D eigenvalue weighted by Gasteiger charge is 1.89.